The number of hydrogen-bond donors (Lipinski definition) is 1. The Labute approximate surface area is 274 Å². The molecule has 0 aliphatic carbocycles. The summed E-state index contributed by atoms with van der Waals surface area (Å²) in [5.74, 6) is -1.07. The second-order valence-corrected chi connectivity index (χ2v) is 11.8. The predicted octanol–water partition coefficient (Wildman–Crippen LogP) is 7.61. The van der Waals surface area contributed by atoms with Crippen molar-refractivity contribution in [1.29, 1.82) is 0 Å². The molecule has 0 unspecified atom stereocenters. The van der Waals surface area contributed by atoms with Crippen molar-refractivity contribution in [2.75, 3.05) is 13.1 Å². The molecule has 222 valence electrons. The number of benzene rings is 3. The van der Waals surface area contributed by atoms with E-state index >= 15 is 0 Å². The highest BCUT2D eigenvalue weighted by Gasteiger charge is 2.34. The highest BCUT2D eigenvalue weighted by molar-refractivity contribution is 6.42. The number of halogens is 4. The molecule has 0 bridgehead atoms. The zero-order valence-corrected chi connectivity index (χ0v) is 26.2. The van der Waals surface area contributed by atoms with Gasteiger partial charge in [-0.15, -0.1) is 0 Å². The van der Waals surface area contributed by atoms with Crippen molar-refractivity contribution in [3.05, 3.63) is 145 Å². The van der Waals surface area contributed by atoms with Crippen LogP contribution in [0.5, 0.6) is 0 Å². The Hall–Kier alpha value is -3.94. The summed E-state index contributed by atoms with van der Waals surface area (Å²) >= 11 is 24.7. The number of ketones is 1. The first-order chi connectivity index (χ1) is 21.2. The van der Waals surface area contributed by atoms with Crippen molar-refractivity contribution in [1.82, 2.24) is 15.2 Å². The van der Waals surface area contributed by atoms with Gasteiger partial charge in [-0.3, -0.25) is 19.4 Å². The molecule has 2 heterocycles. The lowest BCUT2D eigenvalue weighted by Gasteiger charge is -2.33. The third kappa shape index (κ3) is 7.76. The van der Waals surface area contributed by atoms with Crippen molar-refractivity contribution in [2.24, 2.45) is 0 Å². The molecular weight excluding hydrogens is 640 g/mol. The molecule has 44 heavy (non-hydrogen) atoms. The molecule has 2 amide bonds. The molecule has 1 aromatic heterocycles. The highest BCUT2D eigenvalue weighted by Crippen LogP contribution is 2.28. The number of likely N-dealkylation sites (tertiary alicyclic amines) is 1. The second-order valence-electron chi connectivity index (χ2n) is 10.1. The molecule has 10 heteroatoms. The number of aromatic nitrogens is 1. The number of Topliss-reactive ketones (excluding diaryl/α,β-unsaturated/α-hetero) is 1. The largest absolute Gasteiger partial charge is 0.339 e. The fourth-order valence-corrected chi connectivity index (χ4v) is 5.41. The maximum absolute atomic E-state index is 14.2. The van der Waals surface area contributed by atoms with Crippen LogP contribution in [0.25, 0.3) is 12.2 Å². The molecule has 1 atom stereocenters. The Morgan fingerprint density at radius 3 is 1.86 bits per heavy atom. The summed E-state index contributed by atoms with van der Waals surface area (Å²) < 4.78 is 0. The third-order valence-corrected chi connectivity index (χ3v) is 8.45. The van der Waals surface area contributed by atoms with E-state index in [1.807, 2.05) is 30.3 Å². The molecule has 1 aliphatic heterocycles. The lowest BCUT2D eigenvalue weighted by Crippen LogP contribution is -2.52. The molecule has 1 N–H and O–H groups in total. The van der Waals surface area contributed by atoms with Gasteiger partial charge in [-0.05, 0) is 65.2 Å². The molecular formula is C34H25Cl4N3O3. The average Bonchev–Trinajstić information content (AvgIpc) is 3.03. The van der Waals surface area contributed by atoms with Crippen LogP contribution in [-0.4, -0.2) is 46.6 Å². The number of hydrogen-bond acceptors (Lipinski definition) is 4. The van der Waals surface area contributed by atoms with E-state index in [0.717, 1.165) is 5.56 Å². The van der Waals surface area contributed by atoms with Crippen molar-refractivity contribution < 1.29 is 14.4 Å². The Balaban J connectivity index is 1.52. The Morgan fingerprint density at radius 2 is 1.34 bits per heavy atom. The van der Waals surface area contributed by atoms with Crippen LogP contribution in [0.4, 0.5) is 0 Å². The second kappa shape index (κ2) is 14.2. The van der Waals surface area contributed by atoms with E-state index in [0.29, 0.717) is 42.4 Å². The third-order valence-electron chi connectivity index (χ3n) is 6.97. The lowest BCUT2D eigenvalue weighted by atomic mass is 9.93. The summed E-state index contributed by atoms with van der Waals surface area (Å²) in [5.41, 5.74) is 3.07. The number of piperidine rings is 1. The number of carbonyl (C=O) groups is 3. The van der Waals surface area contributed by atoms with Gasteiger partial charge in [-0.25, -0.2) is 0 Å². The van der Waals surface area contributed by atoms with Gasteiger partial charge in [0, 0.05) is 36.9 Å². The van der Waals surface area contributed by atoms with E-state index in [4.69, 9.17) is 46.4 Å². The van der Waals surface area contributed by atoms with Crippen molar-refractivity contribution in [2.45, 2.75) is 12.5 Å². The number of nitrogens with zero attached hydrogens (tertiary/aromatic N) is 2. The maximum atomic E-state index is 14.2. The molecule has 0 spiro atoms. The first kappa shape index (κ1) is 31.5. The topological polar surface area (TPSA) is 79.4 Å². The molecule has 1 fully saturated rings. The Bertz CT molecular complexity index is 1700. The minimum atomic E-state index is -0.933. The maximum Gasteiger partial charge on any atom is 0.270 e. The molecule has 6 nitrogen and oxygen atoms in total. The van der Waals surface area contributed by atoms with Gasteiger partial charge in [0.2, 0.25) is 5.91 Å². The molecule has 1 saturated heterocycles. The number of rotatable bonds is 7. The molecule has 3 aromatic carbocycles. The van der Waals surface area contributed by atoms with Crippen LogP contribution in [0.2, 0.25) is 20.1 Å². The van der Waals surface area contributed by atoms with Crippen LogP contribution in [-0.2, 0) is 16.0 Å². The Kier molecular flexibility index (Phi) is 10.2. The minimum absolute atomic E-state index is 0.0153. The zero-order valence-electron chi connectivity index (χ0n) is 23.1. The molecule has 0 radical (unpaired) electrons. The van der Waals surface area contributed by atoms with Gasteiger partial charge in [0.1, 0.15) is 11.7 Å². The van der Waals surface area contributed by atoms with Gasteiger partial charge < -0.3 is 10.2 Å². The molecule has 4 aromatic rings. The van der Waals surface area contributed by atoms with E-state index < -0.39 is 11.9 Å². The van der Waals surface area contributed by atoms with E-state index in [1.54, 1.807) is 71.6 Å². The summed E-state index contributed by atoms with van der Waals surface area (Å²) in [7, 11) is 0. The van der Waals surface area contributed by atoms with E-state index in [1.165, 1.54) is 6.20 Å². The summed E-state index contributed by atoms with van der Waals surface area (Å²) in [5, 5.41) is 4.30. The zero-order chi connectivity index (χ0) is 31.2. The first-order valence-electron chi connectivity index (χ1n) is 13.6. The van der Waals surface area contributed by atoms with Crippen molar-refractivity contribution in [3.8, 4) is 0 Å². The lowest BCUT2D eigenvalue weighted by molar-refractivity contribution is -0.133. The van der Waals surface area contributed by atoms with Gasteiger partial charge in [-0.2, -0.15) is 0 Å². The first-order valence-corrected chi connectivity index (χ1v) is 15.1. The normalized spacial score (nSPS) is 15.8. The van der Waals surface area contributed by atoms with Crippen LogP contribution >= 0.6 is 46.4 Å². The Morgan fingerprint density at radius 1 is 0.773 bits per heavy atom. The quantitative estimate of drug-likeness (QED) is 0.206. The minimum Gasteiger partial charge on any atom is -0.339 e. The predicted molar refractivity (Wildman–Crippen MR) is 176 cm³/mol. The summed E-state index contributed by atoms with van der Waals surface area (Å²) in [6.07, 6.45) is 5.12. The fourth-order valence-electron chi connectivity index (χ4n) is 4.80. The summed E-state index contributed by atoms with van der Waals surface area (Å²) in [4.78, 5) is 46.8. The summed E-state index contributed by atoms with van der Waals surface area (Å²) in [6.45, 7) is 0.0305. The van der Waals surface area contributed by atoms with E-state index in [2.05, 4.69) is 10.3 Å². The average molecular weight is 665 g/mol. The standard InChI is InChI=1S/C34H25Cl4N3O3/c35-26-11-9-22(16-28(26)37)14-24-19-41(20-25(32(24)42)15-23-10-12-27(36)29(38)17-23)34(44)31(18-21-6-2-1-3-7-21)40-33(43)30-8-4-5-13-39-30/h1-17,31H,18-20H2,(H,40,43)/b24-14+,25-15+/t31-/m0/s1. The van der Waals surface area contributed by atoms with E-state index in [-0.39, 0.29) is 36.9 Å². The number of pyridine rings is 1. The van der Waals surface area contributed by atoms with Crippen LogP contribution in [0.3, 0.4) is 0 Å². The van der Waals surface area contributed by atoms with Gasteiger partial charge in [0.15, 0.2) is 5.78 Å². The van der Waals surface area contributed by atoms with Gasteiger partial charge in [-0.1, -0.05) is 94.9 Å². The smallest absolute Gasteiger partial charge is 0.270 e. The van der Waals surface area contributed by atoms with Crippen LogP contribution in [0, 0.1) is 0 Å². The SMILES string of the molecule is O=C1/C(=C/c2ccc(Cl)c(Cl)c2)CN(C(=O)[C@H](Cc2ccccc2)NC(=O)c2ccccn2)C/C1=C\c1ccc(Cl)c(Cl)c1. The van der Waals surface area contributed by atoms with E-state index in [9.17, 15) is 14.4 Å². The van der Waals surface area contributed by atoms with Crippen LogP contribution in [0.15, 0.2) is 102 Å². The van der Waals surface area contributed by atoms with Crippen LogP contribution in [0.1, 0.15) is 27.2 Å². The van der Waals surface area contributed by atoms with Crippen molar-refractivity contribution in [3.63, 3.8) is 0 Å². The number of carbonyl (C=O) groups excluding carboxylic acids is 3. The van der Waals surface area contributed by atoms with Crippen molar-refractivity contribution >= 4 is 76.2 Å². The van der Waals surface area contributed by atoms with Gasteiger partial charge in [0.05, 0.1) is 20.1 Å². The molecule has 0 saturated carbocycles. The molecule has 1 aliphatic rings. The van der Waals surface area contributed by atoms with Crippen LogP contribution < -0.4 is 5.32 Å². The monoisotopic (exact) mass is 663 g/mol. The number of amides is 2. The summed E-state index contributed by atoms with van der Waals surface area (Å²) in [6, 6.07) is 23.5. The fraction of sp³-hybridized carbons (Fsp3) is 0.118. The highest BCUT2D eigenvalue weighted by atomic mass is 35.5. The number of nitrogens with one attached hydrogen (secondary N) is 1. The van der Waals surface area contributed by atoms with Gasteiger partial charge >= 0.3 is 0 Å². The van der Waals surface area contributed by atoms with Gasteiger partial charge in [0.25, 0.3) is 5.91 Å². The molecule has 5 rings (SSSR count).